The number of nitrogens with two attached hydrogens (primary N) is 2. The van der Waals surface area contributed by atoms with Crippen molar-refractivity contribution in [2.75, 3.05) is 69.5 Å². The molecule has 10 rings (SSSR count). The predicted molar refractivity (Wildman–Crippen MR) is 329 cm³/mol. The summed E-state index contributed by atoms with van der Waals surface area (Å²) in [7, 11) is 1.37. The summed E-state index contributed by atoms with van der Waals surface area (Å²) >= 11 is 10.8. The third-order valence-electron chi connectivity index (χ3n) is 16.0. The number of primary amides is 1. The van der Waals surface area contributed by atoms with Gasteiger partial charge < -0.3 is 74.8 Å². The predicted octanol–water partition coefficient (Wildman–Crippen LogP) is 1.40. The number of ether oxygens (including phenoxy) is 5. The maximum absolute atomic E-state index is 16.6. The molecule has 5 aliphatic heterocycles. The minimum Gasteiger partial charge on any atom is -0.447 e. The standard InChI is InChI=1S/C53H67FN16O20P2S2/c1-25(2)35(63-32(72)11-13-68-33(73)16-26(3)46(68)76)30(71)17-28(6-5-12-57-49(56)77)44(74)62-29-9-7-27(8-10-29)18-83-52(79)67(4)14-15-82-51(78)66-50-64-43-37(45(75)65-50)61-24-70(43)47-38-34(54)31(87-47)19-85-91(80,93)90-40-39-48(69-23-60-36-41(55)58-22-59-42(36)69)88-53(40,20-84-39)21-86-92(81,94)89-38/h7-10,22-26,28,31,34-35,38-40,47-48H,5-6,11-21H2,1-4H3,(H,62,74)(H,63,72)(H,80,93)(H,81,94)(H2,55,58,59)(H3,56,57,77)(H2,64,65,66,75,78)/t26?,28-,31-,34-,35+,38-,39-,40+,47-,48-,53-,91?,92?/m1/s1. The third-order valence-corrected chi connectivity index (χ3v) is 19.0. The SMILES string of the molecule is CC1CC(=O)N(CCC(=O)N[C@H](C(=O)C[C@@H](CCCNC(N)=O)C(=O)Nc2ccc(COC(=O)N(C)CCOC(=O)Nc3nc4c(ncn4[C@@H]4O[C@@H]5COP(O)(=S)O[C@H]6[C@H]7OC[C@]6(COP(O)(=S)O[C@@H]4[C@@H]5F)O[C@H]7n4cnc5c(N)ncnc54)c(=O)[nH]3)cc2)C(C)C)C1=O. The Hall–Kier alpha value is -7.65. The number of hydrogen-bond donors (Lipinski definition) is 9. The average Bonchev–Trinajstić information content (AvgIpc) is 1.56. The van der Waals surface area contributed by atoms with E-state index in [1.165, 1.54) is 24.3 Å². The fourth-order valence-corrected chi connectivity index (χ4v) is 14.0. The van der Waals surface area contributed by atoms with Gasteiger partial charge in [0.05, 0.1) is 45.1 Å². The number of carbonyl (C=O) groups is 8. The Morgan fingerprint density at radius 1 is 0.936 bits per heavy atom. The minimum absolute atomic E-state index is 0.0586. The van der Waals surface area contributed by atoms with Crippen molar-refractivity contribution in [2.45, 2.75) is 114 Å². The summed E-state index contributed by atoms with van der Waals surface area (Å²) in [4.78, 5) is 164. The molecule has 94 heavy (non-hydrogen) atoms. The van der Waals surface area contributed by atoms with Crippen LogP contribution in [-0.2, 0) is 96.0 Å². The number of H-pyrrole nitrogens is 1. The van der Waals surface area contributed by atoms with E-state index in [1.54, 1.807) is 45.0 Å². The number of anilines is 3. The summed E-state index contributed by atoms with van der Waals surface area (Å²) in [6.45, 7) is -6.18. The molecule has 508 valence electrons. The minimum atomic E-state index is -4.52. The molecule has 5 aromatic rings. The normalized spacial score (nSPS) is 27.4. The second-order valence-electron chi connectivity index (χ2n) is 23.0. The summed E-state index contributed by atoms with van der Waals surface area (Å²) in [5, 5.41) is 10.2. The molecule has 0 spiro atoms. The van der Waals surface area contributed by atoms with Crippen LogP contribution in [0.1, 0.15) is 70.9 Å². The van der Waals surface area contributed by atoms with Gasteiger partial charge in [-0.2, -0.15) is 4.98 Å². The lowest BCUT2D eigenvalue weighted by Crippen LogP contribution is -2.46. The number of urea groups is 1. The fraction of sp³-hybridized carbons (Fsp3) is 0.547. The third kappa shape index (κ3) is 15.7. The van der Waals surface area contributed by atoms with Crippen molar-refractivity contribution in [1.82, 2.24) is 59.5 Å². The number of carbonyl (C=O) groups excluding carboxylic acids is 8. The smallest absolute Gasteiger partial charge is 0.414 e. The number of nitrogens with one attached hydrogen (secondary N) is 5. The van der Waals surface area contributed by atoms with Crippen molar-refractivity contribution in [2.24, 2.45) is 23.5 Å². The van der Waals surface area contributed by atoms with Crippen molar-refractivity contribution in [3.63, 3.8) is 0 Å². The number of likely N-dealkylation sites (N-methyl/N-ethyl adjacent to an activating group) is 1. The Kier molecular flexibility index (Phi) is 21.2. The molecule has 0 saturated carbocycles. The van der Waals surface area contributed by atoms with Gasteiger partial charge in [-0.15, -0.1) is 0 Å². The van der Waals surface area contributed by atoms with Crippen LogP contribution < -0.4 is 38.3 Å². The molecule has 11 N–H and O–H groups in total. The number of fused-ring (bicyclic) bond motifs is 4. The fourth-order valence-electron chi connectivity index (χ4n) is 11.1. The quantitative estimate of drug-likeness (QED) is 0.0269. The first-order chi connectivity index (χ1) is 44.6. The van der Waals surface area contributed by atoms with E-state index in [0.29, 0.717) is 11.3 Å². The van der Waals surface area contributed by atoms with Gasteiger partial charge in [-0.1, -0.05) is 32.9 Å². The van der Waals surface area contributed by atoms with Crippen LogP contribution in [0.2, 0.25) is 0 Å². The van der Waals surface area contributed by atoms with Crippen molar-refractivity contribution in [1.29, 1.82) is 0 Å². The topological polar surface area (TPSA) is 474 Å². The molecule has 0 aliphatic carbocycles. The molecule has 4 bridgehead atoms. The van der Waals surface area contributed by atoms with Gasteiger partial charge in [0.1, 0.15) is 55.1 Å². The van der Waals surface area contributed by atoms with E-state index in [9.17, 15) is 52.9 Å². The van der Waals surface area contributed by atoms with Crippen LogP contribution >= 0.6 is 13.4 Å². The molecule has 3 unspecified atom stereocenters. The largest absolute Gasteiger partial charge is 0.447 e. The van der Waals surface area contributed by atoms with E-state index >= 15 is 4.39 Å². The lowest BCUT2D eigenvalue weighted by molar-refractivity contribution is -0.183. The Morgan fingerprint density at radius 3 is 2.37 bits per heavy atom. The van der Waals surface area contributed by atoms with Gasteiger partial charge in [-0.3, -0.25) is 62.1 Å². The number of imidazole rings is 2. The number of aromatic amines is 1. The first-order valence-electron chi connectivity index (χ1n) is 29.3. The van der Waals surface area contributed by atoms with Crippen LogP contribution in [0.15, 0.2) is 48.0 Å². The number of amides is 8. The summed E-state index contributed by atoms with van der Waals surface area (Å²) < 4.78 is 71.8. The van der Waals surface area contributed by atoms with E-state index in [1.807, 2.05) is 0 Å². The molecule has 4 aromatic heterocycles. The van der Waals surface area contributed by atoms with Crippen LogP contribution in [-0.4, -0.2) is 202 Å². The molecule has 8 amide bonds. The Labute approximate surface area is 542 Å². The van der Waals surface area contributed by atoms with Crippen LogP contribution in [0, 0.1) is 17.8 Å². The van der Waals surface area contributed by atoms with E-state index in [2.05, 4.69) is 51.2 Å². The zero-order valence-electron chi connectivity index (χ0n) is 50.6. The number of hydrogen-bond acceptors (Lipinski definition) is 26. The molecule has 36 nitrogen and oxygen atoms in total. The molecular formula is C53H67FN16O20P2S2. The van der Waals surface area contributed by atoms with Gasteiger partial charge >= 0.3 is 31.7 Å². The summed E-state index contributed by atoms with van der Waals surface area (Å²) in [5.41, 5.74) is 9.45. The molecule has 1 aromatic carbocycles. The van der Waals surface area contributed by atoms with Crippen LogP contribution in [0.5, 0.6) is 0 Å². The molecule has 5 fully saturated rings. The lowest BCUT2D eigenvalue weighted by Gasteiger charge is -2.33. The number of aromatic nitrogens is 8. The maximum Gasteiger partial charge on any atom is 0.414 e. The van der Waals surface area contributed by atoms with Crippen LogP contribution in [0.4, 0.5) is 36.2 Å². The number of rotatable bonds is 22. The first kappa shape index (κ1) is 69.2. The van der Waals surface area contributed by atoms with Gasteiger partial charge in [0.2, 0.25) is 29.6 Å². The Balaban J connectivity index is 0.708. The molecule has 13 atom stereocenters. The molecular weight excluding hydrogens is 1330 g/mol. The number of halogens is 1. The highest BCUT2D eigenvalue weighted by Gasteiger charge is 2.65. The Bertz CT molecular complexity index is 3910. The zero-order chi connectivity index (χ0) is 67.6. The highest BCUT2D eigenvalue weighted by Crippen LogP contribution is 2.59. The average molecular weight is 1390 g/mol. The van der Waals surface area contributed by atoms with Crippen molar-refractivity contribution in [3.05, 3.63) is 59.2 Å². The number of ketones is 1. The monoisotopic (exact) mass is 1390 g/mol. The second-order valence-corrected chi connectivity index (χ2v) is 28.6. The maximum atomic E-state index is 16.6. The zero-order valence-corrected chi connectivity index (χ0v) is 54.0. The van der Waals surface area contributed by atoms with Crippen molar-refractivity contribution < 1.29 is 94.3 Å². The van der Waals surface area contributed by atoms with E-state index in [0.717, 1.165) is 20.7 Å². The highest BCUT2D eigenvalue weighted by molar-refractivity contribution is 8.07. The lowest BCUT2D eigenvalue weighted by atomic mass is 9.89. The van der Waals surface area contributed by atoms with E-state index < -0.39 is 153 Å². The molecule has 5 saturated heterocycles. The van der Waals surface area contributed by atoms with Gasteiger partial charge in [0.15, 0.2) is 47.0 Å². The number of imide groups is 1. The molecule has 41 heteroatoms. The summed E-state index contributed by atoms with van der Waals surface area (Å²) in [6, 6.07) is 4.48. The highest BCUT2D eigenvalue weighted by atomic mass is 32.5. The number of Topliss-reactive ketones (excluding diaryl/α,β-unsaturated/α-hetero) is 1. The molecule has 5 aliphatic rings. The van der Waals surface area contributed by atoms with Crippen LogP contribution in [0.25, 0.3) is 22.3 Å². The first-order valence-corrected chi connectivity index (χ1v) is 34.5. The summed E-state index contributed by atoms with van der Waals surface area (Å²) in [6.07, 6.45) is -8.86. The number of likely N-dealkylation sites (tertiary alicyclic amines) is 1. The number of alkyl halides is 1. The van der Waals surface area contributed by atoms with Gasteiger partial charge in [-0.05, 0) is 60.1 Å². The molecule has 0 radical (unpaired) electrons. The Morgan fingerprint density at radius 2 is 1.66 bits per heavy atom. The van der Waals surface area contributed by atoms with Gasteiger partial charge in [0.25, 0.3) is 5.56 Å². The van der Waals surface area contributed by atoms with Crippen LogP contribution in [0.3, 0.4) is 0 Å². The number of benzene rings is 1. The summed E-state index contributed by atoms with van der Waals surface area (Å²) in [5.74, 6) is -4.44. The van der Waals surface area contributed by atoms with Crippen molar-refractivity contribution >= 4 is 124 Å². The van der Waals surface area contributed by atoms with Crippen molar-refractivity contribution in [3.8, 4) is 0 Å². The van der Waals surface area contributed by atoms with Gasteiger partial charge in [-0.25, -0.2) is 38.7 Å². The second kappa shape index (κ2) is 28.7. The number of nitrogen functional groups attached to an aromatic ring is 1. The van der Waals surface area contributed by atoms with E-state index in [4.69, 9.17) is 76.9 Å². The van der Waals surface area contributed by atoms with Gasteiger partial charge in [0, 0.05) is 56.9 Å². The number of nitrogens with zero attached hydrogens (tertiary/aromatic N) is 9. The molecule has 9 heterocycles. The van der Waals surface area contributed by atoms with E-state index in [-0.39, 0.29) is 105 Å².